The number of amidine groups is 1. The molecule has 0 saturated heterocycles. The van der Waals surface area contributed by atoms with E-state index in [1.807, 2.05) is 0 Å². The Morgan fingerprint density at radius 3 is 2.30 bits per heavy atom. The third-order valence-corrected chi connectivity index (χ3v) is 3.89. The van der Waals surface area contributed by atoms with Crippen LogP contribution in [0.5, 0.6) is 5.75 Å². The molecule has 0 aliphatic rings. The van der Waals surface area contributed by atoms with Gasteiger partial charge in [0, 0.05) is 5.56 Å². The predicted octanol–water partition coefficient (Wildman–Crippen LogP) is 3.26. The Labute approximate surface area is 170 Å². The lowest BCUT2D eigenvalue weighted by atomic mass is 10.2. The monoisotopic (exact) mass is 412 g/mol. The molecule has 3 aromatic rings. The van der Waals surface area contributed by atoms with Crippen LogP contribution in [0.4, 0.5) is 4.39 Å². The highest BCUT2D eigenvalue weighted by Crippen LogP contribution is 2.16. The summed E-state index contributed by atoms with van der Waals surface area (Å²) in [4.78, 5) is 28.2. The van der Waals surface area contributed by atoms with Gasteiger partial charge >= 0.3 is 11.9 Å². The second kappa shape index (κ2) is 9.37. The number of nitrogens with two attached hydrogens (primary N) is 1. The molecule has 154 valence electrons. The molecule has 1 heterocycles. The van der Waals surface area contributed by atoms with Crippen LogP contribution in [-0.2, 0) is 16.2 Å². The Balaban J connectivity index is 1.55. The Hall–Kier alpha value is -4.14. The van der Waals surface area contributed by atoms with Crippen molar-refractivity contribution in [3.8, 4) is 5.75 Å². The lowest BCUT2D eigenvalue weighted by Gasteiger charge is -2.05. The number of carbonyl (C=O) groups excluding carboxylic acids is 2. The smallest absolute Gasteiger partial charge is 0.400 e. The second-order valence-electron chi connectivity index (χ2n) is 5.93. The van der Waals surface area contributed by atoms with Crippen molar-refractivity contribution in [3.05, 3.63) is 89.1 Å². The molecule has 2 N–H and O–H groups in total. The fraction of sp³-hybridized carbons (Fsp3) is 0.0952. The Morgan fingerprint density at radius 2 is 1.63 bits per heavy atom. The molecular formula is C21H17FN2O6. The minimum absolute atomic E-state index is 0.0475. The molecule has 0 aliphatic heterocycles. The highest BCUT2D eigenvalue weighted by molar-refractivity contribution is 5.97. The number of rotatable bonds is 7. The van der Waals surface area contributed by atoms with Crippen LogP contribution in [0, 0.1) is 5.82 Å². The van der Waals surface area contributed by atoms with E-state index in [0.717, 1.165) is 0 Å². The molecule has 30 heavy (non-hydrogen) atoms. The van der Waals surface area contributed by atoms with Gasteiger partial charge in [-0.3, -0.25) is 0 Å². The standard InChI is InChI=1S/C21H17FN2O6/c1-27-20(25)14-4-8-16(9-5-14)28-12-17-10-11-18(29-17)21(26)30-24-19(23)13-2-6-15(22)7-3-13/h2-11H,12H2,1H3,(H2,23,24). The van der Waals surface area contributed by atoms with Crippen molar-refractivity contribution in [2.75, 3.05) is 7.11 Å². The average molecular weight is 412 g/mol. The maximum Gasteiger partial charge on any atom is 0.400 e. The molecule has 1 aromatic heterocycles. The third kappa shape index (κ3) is 5.22. The molecule has 0 bridgehead atoms. The average Bonchev–Trinajstić information content (AvgIpc) is 3.25. The number of esters is 1. The van der Waals surface area contributed by atoms with Crippen LogP contribution in [0.2, 0.25) is 0 Å². The third-order valence-electron chi connectivity index (χ3n) is 3.89. The molecule has 0 aliphatic carbocycles. The number of nitrogens with zero attached hydrogens (tertiary/aromatic N) is 1. The second-order valence-corrected chi connectivity index (χ2v) is 5.93. The topological polar surface area (TPSA) is 113 Å². The summed E-state index contributed by atoms with van der Waals surface area (Å²) in [6.45, 7) is 0.0475. The van der Waals surface area contributed by atoms with Crippen LogP contribution in [-0.4, -0.2) is 24.9 Å². The van der Waals surface area contributed by atoms with Crippen molar-refractivity contribution in [2.45, 2.75) is 6.61 Å². The van der Waals surface area contributed by atoms with Crippen molar-refractivity contribution in [1.82, 2.24) is 0 Å². The zero-order chi connectivity index (χ0) is 21.5. The SMILES string of the molecule is COC(=O)c1ccc(OCc2ccc(C(=O)O/N=C(\N)c3ccc(F)cc3)o2)cc1. The summed E-state index contributed by atoms with van der Waals surface area (Å²) < 4.78 is 28.5. The highest BCUT2D eigenvalue weighted by atomic mass is 19.1. The lowest BCUT2D eigenvalue weighted by molar-refractivity contribution is 0.0475. The van der Waals surface area contributed by atoms with Gasteiger partial charge in [-0.05, 0) is 60.7 Å². The van der Waals surface area contributed by atoms with Gasteiger partial charge in [-0.2, -0.15) is 0 Å². The van der Waals surface area contributed by atoms with E-state index in [9.17, 15) is 14.0 Å². The van der Waals surface area contributed by atoms with Gasteiger partial charge in [0.15, 0.2) is 5.84 Å². The molecule has 8 nitrogen and oxygen atoms in total. The number of carbonyl (C=O) groups is 2. The molecule has 0 saturated carbocycles. The van der Waals surface area contributed by atoms with Crippen LogP contribution < -0.4 is 10.5 Å². The molecule has 9 heteroatoms. The number of ether oxygens (including phenoxy) is 2. The van der Waals surface area contributed by atoms with Crippen molar-refractivity contribution in [1.29, 1.82) is 0 Å². The Bertz CT molecular complexity index is 1060. The van der Waals surface area contributed by atoms with Gasteiger partial charge in [0.25, 0.3) is 0 Å². The largest absolute Gasteiger partial charge is 0.486 e. The van der Waals surface area contributed by atoms with E-state index >= 15 is 0 Å². The molecule has 2 aromatic carbocycles. The highest BCUT2D eigenvalue weighted by Gasteiger charge is 2.14. The molecule has 0 spiro atoms. The first-order chi connectivity index (χ1) is 14.5. The molecular weight excluding hydrogens is 395 g/mol. The van der Waals surface area contributed by atoms with Crippen LogP contribution in [0.25, 0.3) is 0 Å². The van der Waals surface area contributed by atoms with Gasteiger partial charge in [0.1, 0.15) is 23.9 Å². The summed E-state index contributed by atoms with van der Waals surface area (Å²) in [6.07, 6.45) is 0. The van der Waals surface area contributed by atoms with Crippen LogP contribution in [0.3, 0.4) is 0 Å². The number of methoxy groups -OCH3 is 1. The van der Waals surface area contributed by atoms with Crippen LogP contribution in [0.1, 0.15) is 32.2 Å². The van der Waals surface area contributed by atoms with Gasteiger partial charge in [-0.15, -0.1) is 0 Å². The fourth-order valence-electron chi connectivity index (χ4n) is 2.33. The van der Waals surface area contributed by atoms with Crippen molar-refractivity contribution in [2.24, 2.45) is 10.9 Å². The van der Waals surface area contributed by atoms with Gasteiger partial charge < -0.3 is 24.5 Å². The van der Waals surface area contributed by atoms with Crippen molar-refractivity contribution in [3.63, 3.8) is 0 Å². The van der Waals surface area contributed by atoms with E-state index < -0.39 is 17.8 Å². The number of furan rings is 1. The van der Waals surface area contributed by atoms with Crippen LogP contribution >= 0.6 is 0 Å². The Kier molecular flexibility index (Phi) is 6.43. The predicted molar refractivity (Wildman–Crippen MR) is 103 cm³/mol. The van der Waals surface area contributed by atoms with Gasteiger partial charge in [-0.1, -0.05) is 5.16 Å². The van der Waals surface area contributed by atoms with Gasteiger partial charge in [0.2, 0.25) is 5.76 Å². The van der Waals surface area contributed by atoms with E-state index in [2.05, 4.69) is 9.89 Å². The maximum atomic E-state index is 12.9. The molecule has 0 atom stereocenters. The first-order valence-corrected chi connectivity index (χ1v) is 8.67. The summed E-state index contributed by atoms with van der Waals surface area (Å²) >= 11 is 0. The number of hydrogen-bond acceptors (Lipinski definition) is 7. The summed E-state index contributed by atoms with van der Waals surface area (Å²) in [6, 6.07) is 14.5. The number of hydrogen-bond donors (Lipinski definition) is 1. The molecule has 0 amide bonds. The normalized spacial score (nSPS) is 11.1. The number of benzene rings is 2. The summed E-state index contributed by atoms with van der Waals surface area (Å²) in [7, 11) is 1.30. The minimum atomic E-state index is -0.853. The van der Waals surface area contributed by atoms with Gasteiger partial charge in [0.05, 0.1) is 12.7 Å². The zero-order valence-corrected chi connectivity index (χ0v) is 15.8. The van der Waals surface area contributed by atoms with E-state index in [1.54, 1.807) is 30.3 Å². The molecule has 0 unspecified atom stereocenters. The lowest BCUT2D eigenvalue weighted by Crippen LogP contribution is -2.15. The van der Waals surface area contributed by atoms with E-state index in [1.165, 1.54) is 37.4 Å². The van der Waals surface area contributed by atoms with Crippen LogP contribution in [0.15, 0.2) is 70.2 Å². The Morgan fingerprint density at radius 1 is 0.967 bits per heavy atom. The van der Waals surface area contributed by atoms with Gasteiger partial charge in [-0.25, -0.2) is 14.0 Å². The summed E-state index contributed by atoms with van der Waals surface area (Å²) in [5.41, 5.74) is 6.49. The summed E-state index contributed by atoms with van der Waals surface area (Å²) in [5, 5.41) is 3.53. The zero-order valence-electron chi connectivity index (χ0n) is 15.8. The number of halogens is 1. The van der Waals surface area contributed by atoms with E-state index in [4.69, 9.17) is 19.7 Å². The first kappa shape index (κ1) is 20.6. The maximum absolute atomic E-state index is 12.9. The van der Waals surface area contributed by atoms with Crippen molar-refractivity contribution < 1.29 is 32.7 Å². The van der Waals surface area contributed by atoms with E-state index in [-0.39, 0.29) is 18.2 Å². The van der Waals surface area contributed by atoms with E-state index in [0.29, 0.717) is 22.6 Å². The molecule has 3 rings (SSSR count). The molecule has 0 fully saturated rings. The molecule has 0 radical (unpaired) electrons. The fourth-order valence-corrected chi connectivity index (χ4v) is 2.33. The van der Waals surface area contributed by atoms with Crippen molar-refractivity contribution >= 4 is 17.8 Å². The first-order valence-electron chi connectivity index (χ1n) is 8.67. The summed E-state index contributed by atoms with van der Waals surface area (Å²) in [5.74, 6) is -1.03. The number of oxime groups is 1. The quantitative estimate of drug-likeness (QED) is 0.208. The minimum Gasteiger partial charge on any atom is -0.486 e.